The number of hydrogen-bond acceptors (Lipinski definition) is 8. The summed E-state index contributed by atoms with van der Waals surface area (Å²) >= 11 is 3.99. The molecule has 0 aliphatic rings. The zero-order valence-electron chi connectivity index (χ0n) is 18.3. The predicted octanol–water partition coefficient (Wildman–Crippen LogP) is -1.85. The fourth-order valence-corrected chi connectivity index (χ4v) is 3.08. The van der Waals surface area contributed by atoms with Crippen molar-refractivity contribution in [3.8, 4) is 0 Å². The summed E-state index contributed by atoms with van der Waals surface area (Å²) in [7, 11) is 0. The zero-order valence-corrected chi connectivity index (χ0v) is 19.2. The monoisotopic (exact) mass is 483 g/mol. The summed E-state index contributed by atoms with van der Waals surface area (Å²) < 4.78 is 0. The lowest BCUT2D eigenvalue weighted by Crippen LogP contribution is -2.58. The topological polar surface area (TPSA) is 197 Å². The number of amides is 3. The Bertz CT molecular complexity index is 782. The molecule has 0 bridgehead atoms. The SMILES string of the molecule is NCCCCC(NC(=O)C(N)CS)C(=O)NC(Cc1ccccc1)C(=O)NC(CO)C(=O)O. The molecular weight excluding hydrogens is 450 g/mol. The Balaban J connectivity index is 3.05. The van der Waals surface area contributed by atoms with Crippen LogP contribution in [0.1, 0.15) is 24.8 Å². The van der Waals surface area contributed by atoms with Gasteiger partial charge < -0.3 is 37.6 Å². The van der Waals surface area contributed by atoms with Gasteiger partial charge in [-0.3, -0.25) is 14.4 Å². The van der Waals surface area contributed by atoms with Gasteiger partial charge in [-0.15, -0.1) is 0 Å². The number of thiol groups is 1. The molecule has 0 saturated carbocycles. The molecule has 1 rings (SSSR count). The highest BCUT2D eigenvalue weighted by molar-refractivity contribution is 7.80. The van der Waals surface area contributed by atoms with E-state index in [2.05, 4.69) is 28.6 Å². The molecule has 1 aromatic carbocycles. The number of carbonyl (C=O) groups is 4. The minimum absolute atomic E-state index is 0.0653. The Morgan fingerprint density at radius 3 is 2.03 bits per heavy atom. The van der Waals surface area contributed by atoms with Crippen LogP contribution in [0.2, 0.25) is 0 Å². The van der Waals surface area contributed by atoms with E-state index in [0.717, 1.165) is 5.56 Å². The van der Waals surface area contributed by atoms with E-state index in [1.807, 2.05) is 0 Å². The number of aliphatic hydroxyl groups is 1. The number of nitrogens with one attached hydrogen (secondary N) is 3. The Morgan fingerprint density at radius 2 is 1.48 bits per heavy atom. The van der Waals surface area contributed by atoms with Crippen LogP contribution < -0.4 is 27.4 Å². The van der Waals surface area contributed by atoms with Gasteiger partial charge in [-0.05, 0) is 31.4 Å². The van der Waals surface area contributed by atoms with Gasteiger partial charge in [0.2, 0.25) is 17.7 Å². The summed E-state index contributed by atoms with van der Waals surface area (Å²) in [4.78, 5) is 49.2. The highest BCUT2D eigenvalue weighted by Gasteiger charge is 2.30. The van der Waals surface area contributed by atoms with E-state index in [9.17, 15) is 24.3 Å². The van der Waals surface area contributed by atoms with Crippen molar-refractivity contribution in [1.82, 2.24) is 16.0 Å². The zero-order chi connectivity index (χ0) is 24.8. The smallest absolute Gasteiger partial charge is 0.328 e. The molecular formula is C21H33N5O6S. The van der Waals surface area contributed by atoms with Crippen molar-refractivity contribution in [1.29, 1.82) is 0 Å². The number of benzene rings is 1. The molecule has 0 aromatic heterocycles. The molecule has 0 radical (unpaired) electrons. The maximum absolute atomic E-state index is 13.0. The van der Waals surface area contributed by atoms with E-state index in [1.54, 1.807) is 30.3 Å². The Hall–Kier alpha value is -2.67. The molecule has 0 spiro atoms. The van der Waals surface area contributed by atoms with E-state index in [0.29, 0.717) is 19.4 Å². The Kier molecular flexibility index (Phi) is 13.1. The van der Waals surface area contributed by atoms with Crippen molar-refractivity contribution in [2.75, 3.05) is 18.9 Å². The quantitative estimate of drug-likeness (QED) is 0.105. The largest absolute Gasteiger partial charge is 0.480 e. The molecule has 184 valence electrons. The summed E-state index contributed by atoms with van der Waals surface area (Å²) in [6, 6.07) is 4.23. The van der Waals surface area contributed by atoms with Crippen LogP contribution in [0.3, 0.4) is 0 Å². The van der Waals surface area contributed by atoms with Crippen molar-refractivity contribution < 1.29 is 29.4 Å². The fourth-order valence-electron chi connectivity index (χ4n) is 2.91. The Labute approximate surface area is 198 Å². The summed E-state index contributed by atoms with van der Waals surface area (Å²) in [5.41, 5.74) is 11.9. The number of nitrogens with two attached hydrogens (primary N) is 2. The van der Waals surface area contributed by atoms with Gasteiger partial charge in [0, 0.05) is 12.2 Å². The van der Waals surface area contributed by atoms with Gasteiger partial charge in [0.05, 0.1) is 12.6 Å². The van der Waals surface area contributed by atoms with Crippen LogP contribution in [0, 0.1) is 0 Å². The first-order chi connectivity index (χ1) is 15.7. The first kappa shape index (κ1) is 28.4. The number of unbranched alkanes of at least 4 members (excludes halogenated alkanes) is 1. The second kappa shape index (κ2) is 15.2. The molecule has 33 heavy (non-hydrogen) atoms. The van der Waals surface area contributed by atoms with E-state index in [4.69, 9.17) is 16.6 Å². The third kappa shape index (κ3) is 10.2. The van der Waals surface area contributed by atoms with Gasteiger partial charge in [-0.25, -0.2) is 4.79 Å². The standard InChI is InChI=1S/C21H33N5O6S/c22-9-5-4-8-15(24-18(28)14(23)12-33)19(29)25-16(10-13-6-2-1-3-7-13)20(30)26-17(11-27)21(31)32/h1-3,6-7,14-17,27,33H,4-5,8-12,22-23H2,(H,24,28)(H,25,29)(H,26,30)(H,31,32). The van der Waals surface area contributed by atoms with Crippen LogP contribution in [-0.2, 0) is 25.6 Å². The average molecular weight is 484 g/mol. The molecule has 11 nitrogen and oxygen atoms in total. The highest BCUT2D eigenvalue weighted by atomic mass is 32.1. The van der Waals surface area contributed by atoms with E-state index >= 15 is 0 Å². The number of rotatable bonds is 15. The number of carbonyl (C=O) groups excluding carboxylic acids is 3. The lowest BCUT2D eigenvalue weighted by atomic mass is 10.0. The molecule has 4 unspecified atom stereocenters. The average Bonchev–Trinajstić information content (AvgIpc) is 2.80. The van der Waals surface area contributed by atoms with E-state index < -0.39 is 54.5 Å². The van der Waals surface area contributed by atoms with E-state index in [-0.39, 0.29) is 18.6 Å². The van der Waals surface area contributed by atoms with Crippen molar-refractivity contribution in [2.45, 2.75) is 49.9 Å². The molecule has 1 aromatic rings. The summed E-state index contributed by atoms with van der Waals surface area (Å²) in [6.07, 6.45) is 1.51. The minimum atomic E-state index is -1.53. The molecule has 0 saturated heterocycles. The first-order valence-corrected chi connectivity index (χ1v) is 11.2. The van der Waals surface area contributed by atoms with Crippen molar-refractivity contribution in [2.24, 2.45) is 11.5 Å². The lowest BCUT2D eigenvalue weighted by Gasteiger charge is -2.25. The van der Waals surface area contributed by atoms with Crippen LogP contribution in [0.15, 0.2) is 30.3 Å². The fraction of sp³-hybridized carbons (Fsp3) is 0.524. The maximum atomic E-state index is 13.0. The molecule has 0 heterocycles. The number of aliphatic carboxylic acids is 1. The maximum Gasteiger partial charge on any atom is 0.328 e. The highest BCUT2D eigenvalue weighted by Crippen LogP contribution is 2.07. The van der Waals surface area contributed by atoms with Gasteiger partial charge in [0.1, 0.15) is 18.1 Å². The normalized spacial score (nSPS) is 14.4. The summed E-state index contributed by atoms with van der Waals surface area (Å²) in [5, 5.41) is 25.7. The molecule has 0 aliphatic heterocycles. The van der Waals surface area contributed by atoms with Gasteiger partial charge in [-0.2, -0.15) is 12.6 Å². The summed E-state index contributed by atoms with van der Waals surface area (Å²) in [6.45, 7) is -0.401. The third-order valence-electron chi connectivity index (χ3n) is 4.83. The van der Waals surface area contributed by atoms with E-state index in [1.165, 1.54) is 0 Å². The van der Waals surface area contributed by atoms with Crippen LogP contribution in [0.4, 0.5) is 0 Å². The minimum Gasteiger partial charge on any atom is -0.480 e. The molecule has 9 N–H and O–H groups in total. The molecule has 3 amide bonds. The van der Waals surface area contributed by atoms with Crippen molar-refractivity contribution in [3.05, 3.63) is 35.9 Å². The molecule has 0 aliphatic carbocycles. The third-order valence-corrected chi connectivity index (χ3v) is 5.22. The molecule has 4 atom stereocenters. The lowest BCUT2D eigenvalue weighted by molar-refractivity contribution is -0.143. The van der Waals surface area contributed by atoms with Gasteiger partial charge in [-0.1, -0.05) is 30.3 Å². The van der Waals surface area contributed by atoms with Crippen LogP contribution in [0.25, 0.3) is 0 Å². The molecule has 12 heteroatoms. The van der Waals surface area contributed by atoms with Crippen molar-refractivity contribution >= 4 is 36.3 Å². The predicted molar refractivity (Wildman–Crippen MR) is 125 cm³/mol. The van der Waals surface area contributed by atoms with Gasteiger partial charge in [0.25, 0.3) is 0 Å². The number of carboxylic acids is 1. The summed E-state index contributed by atoms with van der Waals surface area (Å²) in [5.74, 6) is -3.30. The Morgan fingerprint density at radius 1 is 0.909 bits per heavy atom. The second-order valence-electron chi connectivity index (χ2n) is 7.47. The molecule has 0 fully saturated rings. The van der Waals surface area contributed by atoms with Crippen molar-refractivity contribution in [3.63, 3.8) is 0 Å². The number of hydrogen-bond donors (Lipinski definition) is 8. The van der Waals surface area contributed by atoms with Crippen LogP contribution >= 0.6 is 12.6 Å². The number of carboxylic acid groups (broad SMARTS) is 1. The van der Waals surface area contributed by atoms with Gasteiger partial charge in [0.15, 0.2) is 0 Å². The van der Waals surface area contributed by atoms with Gasteiger partial charge >= 0.3 is 5.97 Å². The van der Waals surface area contributed by atoms with Crippen LogP contribution in [-0.4, -0.2) is 77.0 Å². The van der Waals surface area contributed by atoms with Crippen LogP contribution in [0.5, 0.6) is 0 Å². The first-order valence-electron chi connectivity index (χ1n) is 10.6. The second-order valence-corrected chi connectivity index (χ2v) is 7.83. The number of aliphatic hydroxyl groups excluding tert-OH is 1.